The van der Waals surface area contributed by atoms with Gasteiger partial charge in [-0.05, 0) is 55.9 Å². The molecule has 1 unspecified atom stereocenters. The van der Waals surface area contributed by atoms with Crippen molar-refractivity contribution < 1.29 is 9.52 Å². The van der Waals surface area contributed by atoms with Crippen LogP contribution in [0.25, 0.3) is 11.3 Å². The van der Waals surface area contributed by atoms with Gasteiger partial charge in [-0.3, -0.25) is 4.90 Å². The summed E-state index contributed by atoms with van der Waals surface area (Å²) >= 11 is 5.91. The van der Waals surface area contributed by atoms with Crippen molar-refractivity contribution in [1.29, 1.82) is 0 Å². The van der Waals surface area contributed by atoms with Crippen molar-refractivity contribution in [1.82, 2.24) is 9.88 Å². The molecule has 0 aliphatic carbocycles. The molecule has 124 valence electrons. The number of hydrogen-bond donors (Lipinski definition) is 1. The lowest BCUT2D eigenvalue weighted by Crippen LogP contribution is -2.22. The largest absolute Gasteiger partial charge is 0.508 e. The van der Waals surface area contributed by atoms with Gasteiger partial charge in [0.1, 0.15) is 5.75 Å². The van der Waals surface area contributed by atoms with Gasteiger partial charge in [-0.25, -0.2) is 4.98 Å². The number of benzene rings is 2. The highest BCUT2D eigenvalue weighted by atomic mass is 35.5. The summed E-state index contributed by atoms with van der Waals surface area (Å²) in [4.78, 5) is 6.48. The van der Waals surface area contributed by atoms with Crippen molar-refractivity contribution >= 4 is 11.6 Å². The molecule has 1 N–H and O–H groups in total. The fourth-order valence-corrected chi connectivity index (χ4v) is 2.65. The summed E-state index contributed by atoms with van der Waals surface area (Å²) in [5.41, 5.74) is 1.99. The van der Waals surface area contributed by atoms with Gasteiger partial charge in [-0.1, -0.05) is 23.7 Å². The Hall–Kier alpha value is -2.30. The Kier molecular flexibility index (Phi) is 4.88. The van der Waals surface area contributed by atoms with Crippen molar-refractivity contribution in [2.75, 3.05) is 7.05 Å². The highest BCUT2D eigenvalue weighted by Gasteiger charge is 2.15. The smallest absolute Gasteiger partial charge is 0.209 e. The van der Waals surface area contributed by atoms with Crippen LogP contribution in [-0.4, -0.2) is 22.0 Å². The molecule has 0 aliphatic rings. The van der Waals surface area contributed by atoms with Crippen molar-refractivity contribution in [3.8, 4) is 17.1 Å². The van der Waals surface area contributed by atoms with E-state index in [1.165, 1.54) is 0 Å². The minimum absolute atomic E-state index is 0.128. The molecule has 0 amide bonds. The first kappa shape index (κ1) is 16.6. The molecule has 1 atom stereocenters. The maximum atomic E-state index is 9.62. The molecule has 5 heteroatoms. The third kappa shape index (κ3) is 3.78. The van der Waals surface area contributed by atoms with Gasteiger partial charge in [-0.2, -0.15) is 0 Å². The first-order valence-corrected chi connectivity index (χ1v) is 8.10. The van der Waals surface area contributed by atoms with Gasteiger partial charge < -0.3 is 9.52 Å². The summed E-state index contributed by atoms with van der Waals surface area (Å²) in [7, 11) is 2.00. The minimum atomic E-state index is 0.128. The maximum Gasteiger partial charge on any atom is 0.209 e. The zero-order chi connectivity index (χ0) is 17.1. The van der Waals surface area contributed by atoms with Crippen LogP contribution in [0.5, 0.6) is 5.75 Å². The van der Waals surface area contributed by atoms with Crippen LogP contribution >= 0.6 is 11.6 Å². The van der Waals surface area contributed by atoms with Crippen LogP contribution in [0.15, 0.2) is 59.1 Å². The predicted molar refractivity (Wildman–Crippen MR) is 94.9 cm³/mol. The van der Waals surface area contributed by atoms with E-state index in [4.69, 9.17) is 16.0 Å². The van der Waals surface area contributed by atoms with Crippen LogP contribution < -0.4 is 0 Å². The van der Waals surface area contributed by atoms with E-state index < -0.39 is 0 Å². The second-order valence-electron chi connectivity index (χ2n) is 5.81. The van der Waals surface area contributed by atoms with Crippen molar-refractivity contribution in [3.05, 3.63) is 71.2 Å². The SMILES string of the molecule is CC(c1cccc(O)c1)N(C)Cc1ncc(-c2ccc(Cl)cc2)o1. The fraction of sp³-hybridized carbons (Fsp3) is 0.211. The van der Waals surface area contributed by atoms with E-state index in [1.807, 2.05) is 43.4 Å². The second kappa shape index (κ2) is 7.07. The molecule has 0 aliphatic heterocycles. The van der Waals surface area contributed by atoms with Gasteiger partial charge in [0.15, 0.2) is 5.76 Å². The van der Waals surface area contributed by atoms with Gasteiger partial charge in [0.2, 0.25) is 5.89 Å². The number of aromatic nitrogens is 1. The number of halogens is 1. The summed E-state index contributed by atoms with van der Waals surface area (Å²) in [6.45, 7) is 2.65. The van der Waals surface area contributed by atoms with E-state index in [0.717, 1.165) is 16.9 Å². The molecule has 1 heterocycles. The summed E-state index contributed by atoms with van der Waals surface area (Å²) < 4.78 is 5.84. The molecule has 3 aromatic rings. The summed E-state index contributed by atoms with van der Waals surface area (Å²) in [6.07, 6.45) is 1.73. The van der Waals surface area contributed by atoms with Crippen molar-refractivity contribution in [2.24, 2.45) is 0 Å². The molecule has 0 bridgehead atoms. The van der Waals surface area contributed by atoms with Crippen molar-refractivity contribution in [3.63, 3.8) is 0 Å². The van der Waals surface area contributed by atoms with Crippen LogP contribution in [-0.2, 0) is 6.54 Å². The predicted octanol–water partition coefficient (Wildman–Crippen LogP) is 4.89. The molecule has 24 heavy (non-hydrogen) atoms. The number of phenols is 1. The number of aromatic hydroxyl groups is 1. The van der Waals surface area contributed by atoms with E-state index in [9.17, 15) is 5.11 Å². The zero-order valence-corrected chi connectivity index (χ0v) is 14.4. The average molecular weight is 343 g/mol. The molecule has 0 fully saturated rings. The van der Waals surface area contributed by atoms with Crippen LogP contribution in [0.2, 0.25) is 5.02 Å². The molecular weight excluding hydrogens is 324 g/mol. The summed E-state index contributed by atoms with van der Waals surface area (Å²) in [5, 5.41) is 10.3. The van der Waals surface area contributed by atoms with Crippen LogP contribution in [0.4, 0.5) is 0 Å². The molecule has 4 nitrogen and oxygen atoms in total. The van der Waals surface area contributed by atoms with Gasteiger partial charge in [-0.15, -0.1) is 0 Å². The summed E-state index contributed by atoms with van der Waals surface area (Å²) in [5.74, 6) is 1.64. The molecule has 0 radical (unpaired) electrons. The molecular formula is C19H19ClN2O2. The Morgan fingerprint density at radius 1 is 1.21 bits per heavy atom. The van der Waals surface area contributed by atoms with Gasteiger partial charge in [0.25, 0.3) is 0 Å². The third-order valence-electron chi connectivity index (χ3n) is 4.08. The summed E-state index contributed by atoms with van der Waals surface area (Å²) in [6, 6.07) is 14.9. The lowest BCUT2D eigenvalue weighted by atomic mass is 10.1. The maximum absolute atomic E-state index is 9.62. The Morgan fingerprint density at radius 3 is 2.67 bits per heavy atom. The number of oxazole rings is 1. The molecule has 0 spiro atoms. The van der Waals surface area contributed by atoms with E-state index in [2.05, 4.69) is 16.8 Å². The molecule has 0 saturated carbocycles. The highest BCUT2D eigenvalue weighted by molar-refractivity contribution is 6.30. The van der Waals surface area contributed by atoms with E-state index >= 15 is 0 Å². The lowest BCUT2D eigenvalue weighted by molar-refractivity contribution is 0.228. The van der Waals surface area contributed by atoms with E-state index in [0.29, 0.717) is 17.5 Å². The standard InChI is InChI=1S/C19H19ClN2O2/c1-13(15-4-3-5-17(23)10-15)22(2)12-19-21-11-18(24-19)14-6-8-16(20)9-7-14/h3-11,13,23H,12H2,1-2H3. The first-order chi connectivity index (χ1) is 11.5. The Bertz CT molecular complexity index is 814. The normalized spacial score (nSPS) is 12.5. The van der Waals surface area contributed by atoms with Crippen molar-refractivity contribution in [2.45, 2.75) is 19.5 Å². The lowest BCUT2D eigenvalue weighted by Gasteiger charge is -2.23. The minimum Gasteiger partial charge on any atom is -0.508 e. The Morgan fingerprint density at radius 2 is 1.96 bits per heavy atom. The quantitative estimate of drug-likeness (QED) is 0.717. The molecule has 1 aromatic heterocycles. The van der Waals surface area contributed by atoms with Crippen LogP contribution in [0, 0.1) is 0 Å². The Balaban J connectivity index is 1.71. The van der Waals surface area contributed by atoms with Gasteiger partial charge in [0, 0.05) is 16.6 Å². The highest BCUT2D eigenvalue weighted by Crippen LogP contribution is 2.26. The number of nitrogens with zero attached hydrogens (tertiary/aromatic N) is 2. The first-order valence-electron chi connectivity index (χ1n) is 7.73. The molecule has 2 aromatic carbocycles. The number of hydrogen-bond acceptors (Lipinski definition) is 4. The fourth-order valence-electron chi connectivity index (χ4n) is 2.52. The van der Waals surface area contributed by atoms with Gasteiger partial charge in [0.05, 0.1) is 12.7 Å². The Labute approximate surface area is 146 Å². The molecule has 0 saturated heterocycles. The van der Waals surface area contributed by atoms with Gasteiger partial charge >= 0.3 is 0 Å². The third-order valence-corrected chi connectivity index (χ3v) is 4.33. The van der Waals surface area contributed by atoms with E-state index in [1.54, 1.807) is 18.3 Å². The van der Waals surface area contributed by atoms with E-state index in [-0.39, 0.29) is 11.8 Å². The molecule has 3 rings (SSSR count). The number of rotatable bonds is 5. The van der Waals surface area contributed by atoms with Crippen LogP contribution in [0.3, 0.4) is 0 Å². The second-order valence-corrected chi connectivity index (χ2v) is 6.25. The topological polar surface area (TPSA) is 49.5 Å². The monoisotopic (exact) mass is 342 g/mol. The number of phenolic OH excluding ortho intramolecular Hbond substituents is 1. The average Bonchev–Trinajstić information content (AvgIpc) is 3.03. The van der Waals surface area contributed by atoms with Crippen LogP contribution in [0.1, 0.15) is 24.4 Å². The zero-order valence-electron chi connectivity index (χ0n) is 13.6.